The Morgan fingerprint density at radius 1 is 1.45 bits per heavy atom. The topological polar surface area (TPSA) is 56.1 Å². The lowest BCUT2D eigenvalue weighted by molar-refractivity contribution is -0.111. The van der Waals surface area contributed by atoms with Gasteiger partial charge < -0.3 is 10.1 Å². The Morgan fingerprint density at radius 3 is 2.85 bits per heavy atom. The van der Waals surface area contributed by atoms with Gasteiger partial charge in [-0.05, 0) is 23.8 Å². The van der Waals surface area contributed by atoms with Crippen LogP contribution in [0.3, 0.4) is 0 Å². The first-order valence-corrected chi connectivity index (χ1v) is 6.28. The summed E-state index contributed by atoms with van der Waals surface area (Å²) in [6.07, 6.45) is 4.85. The quantitative estimate of drug-likeness (QED) is 0.881. The van der Waals surface area contributed by atoms with E-state index in [0.29, 0.717) is 16.6 Å². The minimum Gasteiger partial charge on any atom is -0.495 e. The third-order valence-corrected chi connectivity index (χ3v) is 2.86. The number of carbonyl (C=O) groups excluding carboxylic acids is 1. The zero-order valence-electron chi connectivity index (χ0n) is 11.1. The summed E-state index contributed by atoms with van der Waals surface area (Å²) in [6, 6.07) is 7.01. The van der Waals surface area contributed by atoms with Gasteiger partial charge in [0.15, 0.2) is 5.82 Å². The number of carbonyl (C=O) groups is 1. The number of anilines is 1. The van der Waals surface area contributed by atoms with E-state index in [1.54, 1.807) is 49.3 Å². The van der Waals surface area contributed by atoms with Crippen molar-refractivity contribution in [3.8, 4) is 5.75 Å². The van der Waals surface area contributed by atoms with Crippen molar-refractivity contribution < 1.29 is 9.53 Å². The number of nitrogens with zero attached hydrogens (tertiary/aromatic N) is 2. The molecule has 1 N–H and O–H groups in total. The van der Waals surface area contributed by atoms with E-state index in [0.717, 1.165) is 5.56 Å². The molecule has 0 aliphatic heterocycles. The number of hydrogen-bond donors (Lipinski definition) is 1. The van der Waals surface area contributed by atoms with Gasteiger partial charge in [-0.1, -0.05) is 17.7 Å². The van der Waals surface area contributed by atoms with Crippen molar-refractivity contribution in [2.75, 3.05) is 12.4 Å². The smallest absolute Gasteiger partial charge is 0.249 e. The molecule has 0 bridgehead atoms. The molecule has 0 unspecified atom stereocenters. The van der Waals surface area contributed by atoms with Crippen LogP contribution in [0, 0.1) is 0 Å². The van der Waals surface area contributed by atoms with Crippen molar-refractivity contribution >= 4 is 29.4 Å². The highest BCUT2D eigenvalue weighted by atomic mass is 35.5. The maximum absolute atomic E-state index is 11.7. The molecule has 1 aromatic heterocycles. The molecule has 0 atom stereocenters. The number of benzene rings is 1. The van der Waals surface area contributed by atoms with Crippen molar-refractivity contribution in [3.05, 3.63) is 47.1 Å². The molecule has 1 amide bonds. The van der Waals surface area contributed by atoms with Crippen LogP contribution in [0.25, 0.3) is 6.08 Å². The Kier molecular flexibility index (Phi) is 4.42. The second kappa shape index (κ2) is 6.25. The van der Waals surface area contributed by atoms with Crippen LogP contribution in [0.5, 0.6) is 5.75 Å². The first-order chi connectivity index (χ1) is 9.58. The van der Waals surface area contributed by atoms with Crippen LogP contribution in [-0.4, -0.2) is 22.8 Å². The Morgan fingerprint density at radius 2 is 2.25 bits per heavy atom. The van der Waals surface area contributed by atoms with E-state index in [4.69, 9.17) is 16.3 Å². The van der Waals surface area contributed by atoms with E-state index in [1.165, 1.54) is 6.08 Å². The van der Waals surface area contributed by atoms with Crippen LogP contribution in [0.15, 0.2) is 36.5 Å². The maximum atomic E-state index is 11.7. The average Bonchev–Trinajstić information content (AvgIpc) is 2.82. The van der Waals surface area contributed by atoms with Crippen molar-refractivity contribution in [2.24, 2.45) is 7.05 Å². The molecule has 5 nitrogen and oxygen atoms in total. The highest BCUT2D eigenvalue weighted by molar-refractivity contribution is 6.32. The molecule has 0 aliphatic carbocycles. The van der Waals surface area contributed by atoms with E-state index in [2.05, 4.69) is 10.4 Å². The first kappa shape index (κ1) is 14.1. The lowest BCUT2D eigenvalue weighted by atomic mass is 10.2. The van der Waals surface area contributed by atoms with E-state index < -0.39 is 0 Å². The van der Waals surface area contributed by atoms with Crippen LogP contribution < -0.4 is 10.1 Å². The molecule has 2 rings (SSSR count). The van der Waals surface area contributed by atoms with Gasteiger partial charge in [-0.2, -0.15) is 5.10 Å². The summed E-state index contributed by atoms with van der Waals surface area (Å²) >= 11 is 6.01. The van der Waals surface area contributed by atoms with Gasteiger partial charge >= 0.3 is 0 Å². The SMILES string of the molecule is COc1ccc(C=CC(=O)Nc2ccn(C)n2)cc1Cl. The van der Waals surface area contributed by atoms with Crippen molar-refractivity contribution in [3.63, 3.8) is 0 Å². The second-order valence-corrected chi connectivity index (χ2v) is 4.50. The van der Waals surface area contributed by atoms with Crippen molar-refractivity contribution in [2.45, 2.75) is 0 Å². The first-order valence-electron chi connectivity index (χ1n) is 5.91. The number of nitrogens with one attached hydrogen (secondary N) is 1. The standard InChI is InChI=1S/C14H14ClN3O2/c1-18-8-7-13(17-18)16-14(19)6-4-10-3-5-12(20-2)11(15)9-10/h3-9H,1-2H3,(H,16,17,19). The predicted octanol–water partition coefficient (Wildman–Crippen LogP) is 2.73. The molecule has 0 spiro atoms. The van der Waals surface area contributed by atoms with Crippen LogP contribution in [0.1, 0.15) is 5.56 Å². The van der Waals surface area contributed by atoms with Gasteiger partial charge in [0.25, 0.3) is 0 Å². The van der Waals surface area contributed by atoms with Crippen LogP contribution in [0.4, 0.5) is 5.82 Å². The normalized spacial score (nSPS) is 10.8. The largest absolute Gasteiger partial charge is 0.495 e. The zero-order valence-corrected chi connectivity index (χ0v) is 11.9. The van der Waals surface area contributed by atoms with E-state index >= 15 is 0 Å². The molecule has 0 saturated carbocycles. The monoisotopic (exact) mass is 291 g/mol. The Hall–Kier alpha value is -2.27. The zero-order chi connectivity index (χ0) is 14.5. The van der Waals surface area contributed by atoms with Crippen molar-refractivity contribution in [1.29, 1.82) is 0 Å². The highest BCUT2D eigenvalue weighted by Crippen LogP contribution is 2.25. The Balaban J connectivity index is 2.01. The molecule has 104 valence electrons. The van der Waals surface area contributed by atoms with Crippen molar-refractivity contribution in [1.82, 2.24) is 9.78 Å². The number of halogens is 1. The molecular formula is C14H14ClN3O2. The number of aryl methyl sites for hydroxylation is 1. The fraction of sp³-hybridized carbons (Fsp3) is 0.143. The molecular weight excluding hydrogens is 278 g/mol. The average molecular weight is 292 g/mol. The third-order valence-electron chi connectivity index (χ3n) is 2.57. The van der Waals surface area contributed by atoms with Crippen LogP contribution in [-0.2, 0) is 11.8 Å². The van der Waals surface area contributed by atoms with Gasteiger partial charge in [-0.3, -0.25) is 9.48 Å². The van der Waals surface area contributed by atoms with Crippen LogP contribution in [0.2, 0.25) is 5.02 Å². The number of amides is 1. The lowest BCUT2D eigenvalue weighted by Gasteiger charge is -2.03. The molecule has 20 heavy (non-hydrogen) atoms. The van der Waals surface area contributed by atoms with Crippen LogP contribution >= 0.6 is 11.6 Å². The molecule has 0 aliphatic rings. The molecule has 1 aromatic carbocycles. The number of aromatic nitrogens is 2. The summed E-state index contributed by atoms with van der Waals surface area (Å²) in [6.45, 7) is 0. The molecule has 2 aromatic rings. The Labute approximate surface area is 121 Å². The minimum atomic E-state index is -0.254. The number of methoxy groups -OCH3 is 1. The molecule has 0 fully saturated rings. The summed E-state index contributed by atoms with van der Waals surface area (Å²) in [5.74, 6) is 0.854. The van der Waals surface area contributed by atoms with Gasteiger partial charge in [0.2, 0.25) is 5.91 Å². The molecule has 6 heteroatoms. The van der Waals surface area contributed by atoms with Gasteiger partial charge in [0.05, 0.1) is 12.1 Å². The summed E-state index contributed by atoms with van der Waals surface area (Å²) in [5.41, 5.74) is 0.812. The Bertz CT molecular complexity index is 650. The number of rotatable bonds is 4. The summed E-state index contributed by atoms with van der Waals surface area (Å²) < 4.78 is 6.67. The fourth-order valence-electron chi connectivity index (χ4n) is 1.61. The van der Waals surface area contributed by atoms with Gasteiger partial charge in [-0.15, -0.1) is 0 Å². The number of ether oxygens (including phenoxy) is 1. The maximum Gasteiger partial charge on any atom is 0.249 e. The number of hydrogen-bond acceptors (Lipinski definition) is 3. The lowest BCUT2D eigenvalue weighted by Crippen LogP contribution is -2.08. The minimum absolute atomic E-state index is 0.254. The van der Waals surface area contributed by atoms with E-state index in [-0.39, 0.29) is 5.91 Å². The summed E-state index contributed by atoms with van der Waals surface area (Å²) in [5, 5.41) is 7.21. The summed E-state index contributed by atoms with van der Waals surface area (Å²) in [7, 11) is 3.34. The molecule has 0 radical (unpaired) electrons. The van der Waals surface area contributed by atoms with E-state index in [1.807, 2.05) is 6.07 Å². The predicted molar refractivity (Wildman–Crippen MR) is 78.9 cm³/mol. The van der Waals surface area contributed by atoms with Gasteiger partial charge in [0, 0.05) is 25.4 Å². The molecule has 1 heterocycles. The third kappa shape index (κ3) is 3.61. The van der Waals surface area contributed by atoms with Gasteiger partial charge in [0.1, 0.15) is 5.75 Å². The fourth-order valence-corrected chi connectivity index (χ4v) is 1.87. The summed E-state index contributed by atoms with van der Waals surface area (Å²) in [4.78, 5) is 11.7. The second-order valence-electron chi connectivity index (χ2n) is 4.09. The molecule has 0 saturated heterocycles. The van der Waals surface area contributed by atoms with E-state index in [9.17, 15) is 4.79 Å². The van der Waals surface area contributed by atoms with Gasteiger partial charge in [-0.25, -0.2) is 0 Å². The highest BCUT2D eigenvalue weighted by Gasteiger charge is 2.02.